The first-order valence-electron chi connectivity index (χ1n) is 5.76. The highest BCUT2D eigenvalue weighted by molar-refractivity contribution is 6.32. The third-order valence-corrected chi connectivity index (χ3v) is 2.86. The van der Waals surface area contributed by atoms with Crippen molar-refractivity contribution in [3.63, 3.8) is 0 Å². The molecule has 0 unspecified atom stereocenters. The second kappa shape index (κ2) is 6.02. The summed E-state index contributed by atoms with van der Waals surface area (Å²) in [5.41, 5.74) is 1.49. The molecule has 0 aliphatic rings. The molecular weight excluding hydrogens is 305 g/mol. The van der Waals surface area contributed by atoms with Crippen molar-refractivity contribution in [1.82, 2.24) is 4.98 Å². The van der Waals surface area contributed by atoms with E-state index in [1.54, 1.807) is 12.1 Å². The van der Waals surface area contributed by atoms with Crippen molar-refractivity contribution in [3.05, 3.63) is 47.2 Å². The predicted octanol–water partition coefficient (Wildman–Crippen LogP) is 4.37. The fourth-order valence-electron chi connectivity index (χ4n) is 1.74. The Morgan fingerprint density at radius 1 is 1.29 bits per heavy atom. The molecule has 2 rings (SSSR count). The molecule has 21 heavy (non-hydrogen) atoms. The van der Waals surface area contributed by atoms with Crippen LogP contribution < -0.4 is 4.74 Å². The summed E-state index contributed by atoms with van der Waals surface area (Å²) in [4.78, 5) is 3.93. The molecule has 0 saturated heterocycles. The van der Waals surface area contributed by atoms with Gasteiger partial charge in [0.1, 0.15) is 10.9 Å². The summed E-state index contributed by atoms with van der Waals surface area (Å²) < 4.78 is 40.5. The van der Waals surface area contributed by atoms with Gasteiger partial charge in [-0.2, -0.15) is 5.26 Å². The number of alkyl halides is 3. The maximum atomic E-state index is 12.2. The number of hydrogen-bond donors (Lipinski definition) is 0. The molecule has 2 aromatic rings. The van der Waals surface area contributed by atoms with Crippen molar-refractivity contribution >= 4 is 11.6 Å². The zero-order chi connectivity index (χ0) is 15.5. The van der Waals surface area contributed by atoms with E-state index < -0.39 is 6.36 Å². The van der Waals surface area contributed by atoms with E-state index in [-0.39, 0.29) is 17.3 Å². The van der Waals surface area contributed by atoms with Gasteiger partial charge in [0.2, 0.25) is 0 Å². The standard InChI is InChI=1S/C14H8ClF3N2O/c15-13-12(6-9(4-5-19)8-20-13)10-2-1-3-11(7-10)21-14(16,17)18/h1-3,6-8H,4H2. The van der Waals surface area contributed by atoms with Gasteiger partial charge in [0.05, 0.1) is 12.5 Å². The molecule has 0 aliphatic heterocycles. The van der Waals surface area contributed by atoms with Gasteiger partial charge in [-0.05, 0) is 29.3 Å². The minimum Gasteiger partial charge on any atom is -0.406 e. The maximum absolute atomic E-state index is 12.2. The topological polar surface area (TPSA) is 45.9 Å². The summed E-state index contributed by atoms with van der Waals surface area (Å²) in [6.07, 6.45) is -3.18. The second-order valence-corrected chi connectivity index (χ2v) is 4.45. The van der Waals surface area contributed by atoms with E-state index >= 15 is 0 Å². The van der Waals surface area contributed by atoms with Gasteiger partial charge in [-0.15, -0.1) is 13.2 Å². The number of hydrogen-bond acceptors (Lipinski definition) is 3. The number of pyridine rings is 1. The molecule has 0 bridgehead atoms. The first-order chi connectivity index (χ1) is 9.89. The van der Waals surface area contributed by atoms with Crippen LogP contribution in [0.5, 0.6) is 5.75 Å². The van der Waals surface area contributed by atoms with Crippen molar-refractivity contribution in [1.29, 1.82) is 5.26 Å². The molecule has 0 spiro atoms. The summed E-state index contributed by atoms with van der Waals surface area (Å²) in [6.45, 7) is 0. The third kappa shape index (κ3) is 4.10. The summed E-state index contributed by atoms with van der Waals surface area (Å²) in [5.74, 6) is -0.346. The quantitative estimate of drug-likeness (QED) is 0.791. The largest absolute Gasteiger partial charge is 0.573 e. The van der Waals surface area contributed by atoms with Gasteiger partial charge in [-0.1, -0.05) is 23.7 Å². The van der Waals surface area contributed by atoms with Crippen molar-refractivity contribution < 1.29 is 17.9 Å². The van der Waals surface area contributed by atoms with Gasteiger partial charge < -0.3 is 4.74 Å². The lowest BCUT2D eigenvalue weighted by Gasteiger charge is -2.11. The van der Waals surface area contributed by atoms with Crippen LogP contribution in [0.3, 0.4) is 0 Å². The van der Waals surface area contributed by atoms with Crippen LogP contribution in [-0.2, 0) is 6.42 Å². The van der Waals surface area contributed by atoms with Crippen LogP contribution in [0.15, 0.2) is 36.5 Å². The summed E-state index contributed by atoms with van der Waals surface area (Å²) in [6, 6.07) is 9.00. The molecule has 108 valence electrons. The fourth-order valence-corrected chi connectivity index (χ4v) is 1.95. The van der Waals surface area contributed by atoms with Crippen LogP contribution in [0.2, 0.25) is 5.15 Å². The Labute approximate surface area is 123 Å². The smallest absolute Gasteiger partial charge is 0.406 e. The Bertz CT molecular complexity index is 695. The number of nitriles is 1. The highest BCUT2D eigenvalue weighted by Gasteiger charge is 2.31. The molecule has 7 heteroatoms. The average molecular weight is 313 g/mol. The van der Waals surface area contributed by atoms with E-state index in [0.29, 0.717) is 16.7 Å². The minimum absolute atomic E-state index is 0.135. The number of rotatable bonds is 3. The molecule has 1 heterocycles. The van der Waals surface area contributed by atoms with Gasteiger partial charge in [0, 0.05) is 11.8 Å². The Kier molecular flexibility index (Phi) is 4.34. The molecule has 0 atom stereocenters. The van der Waals surface area contributed by atoms with Crippen molar-refractivity contribution in [2.75, 3.05) is 0 Å². The Hall–Kier alpha value is -2.26. The van der Waals surface area contributed by atoms with Crippen molar-refractivity contribution in [3.8, 4) is 22.9 Å². The number of benzene rings is 1. The molecule has 1 aromatic heterocycles. The zero-order valence-corrected chi connectivity index (χ0v) is 11.2. The lowest BCUT2D eigenvalue weighted by Crippen LogP contribution is -2.17. The van der Waals surface area contributed by atoms with E-state index in [4.69, 9.17) is 16.9 Å². The first-order valence-corrected chi connectivity index (χ1v) is 6.14. The highest BCUT2D eigenvalue weighted by Crippen LogP contribution is 2.31. The van der Waals surface area contributed by atoms with Crippen LogP contribution >= 0.6 is 11.6 Å². The Morgan fingerprint density at radius 3 is 2.71 bits per heavy atom. The third-order valence-electron chi connectivity index (χ3n) is 2.56. The Morgan fingerprint density at radius 2 is 2.05 bits per heavy atom. The molecule has 0 saturated carbocycles. The van der Waals surface area contributed by atoms with E-state index in [9.17, 15) is 13.2 Å². The number of aromatic nitrogens is 1. The van der Waals surface area contributed by atoms with Gasteiger partial charge in [0.25, 0.3) is 0 Å². The van der Waals surface area contributed by atoms with E-state index in [1.807, 2.05) is 6.07 Å². The SMILES string of the molecule is N#CCc1cnc(Cl)c(-c2cccc(OC(F)(F)F)c2)c1. The van der Waals surface area contributed by atoms with Crippen LogP contribution in [-0.4, -0.2) is 11.3 Å². The molecule has 0 N–H and O–H groups in total. The van der Waals surface area contributed by atoms with Crippen molar-refractivity contribution in [2.45, 2.75) is 12.8 Å². The molecule has 0 fully saturated rings. The summed E-state index contributed by atoms with van der Waals surface area (Å²) in [5, 5.41) is 8.81. The highest BCUT2D eigenvalue weighted by atomic mass is 35.5. The van der Waals surface area contributed by atoms with E-state index in [2.05, 4.69) is 9.72 Å². The van der Waals surface area contributed by atoms with Crippen LogP contribution in [0, 0.1) is 11.3 Å². The normalized spacial score (nSPS) is 11.0. The lowest BCUT2D eigenvalue weighted by molar-refractivity contribution is -0.274. The van der Waals surface area contributed by atoms with Gasteiger partial charge in [-0.25, -0.2) is 4.98 Å². The second-order valence-electron chi connectivity index (χ2n) is 4.09. The minimum atomic E-state index is -4.76. The molecular formula is C14H8ClF3N2O. The van der Waals surface area contributed by atoms with Crippen LogP contribution in [0.25, 0.3) is 11.1 Å². The average Bonchev–Trinajstić information content (AvgIpc) is 2.39. The van der Waals surface area contributed by atoms with E-state index in [1.165, 1.54) is 24.4 Å². The maximum Gasteiger partial charge on any atom is 0.573 e. The molecule has 0 amide bonds. The van der Waals surface area contributed by atoms with E-state index in [0.717, 1.165) is 0 Å². The number of ether oxygens (including phenoxy) is 1. The molecule has 0 radical (unpaired) electrons. The predicted molar refractivity (Wildman–Crippen MR) is 70.7 cm³/mol. The van der Waals surface area contributed by atoms with Gasteiger partial charge >= 0.3 is 6.36 Å². The Balaban J connectivity index is 2.40. The fraction of sp³-hybridized carbons (Fsp3) is 0.143. The van der Waals surface area contributed by atoms with Crippen molar-refractivity contribution in [2.24, 2.45) is 0 Å². The molecule has 1 aromatic carbocycles. The molecule has 0 aliphatic carbocycles. The number of nitrogens with zero attached hydrogens (tertiary/aromatic N) is 2. The molecule has 3 nitrogen and oxygen atoms in total. The zero-order valence-electron chi connectivity index (χ0n) is 10.5. The monoisotopic (exact) mass is 312 g/mol. The first kappa shape index (κ1) is 15.1. The lowest BCUT2D eigenvalue weighted by atomic mass is 10.0. The van der Waals surface area contributed by atoms with Crippen LogP contribution in [0.1, 0.15) is 5.56 Å². The summed E-state index contributed by atoms with van der Waals surface area (Å²) >= 11 is 5.96. The van der Waals surface area contributed by atoms with Crippen LogP contribution in [0.4, 0.5) is 13.2 Å². The van der Waals surface area contributed by atoms with Gasteiger partial charge in [0.15, 0.2) is 0 Å². The number of halogens is 4. The van der Waals surface area contributed by atoms with Gasteiger partial charge in [-0.3, -0.25) is 0 Å². The summed E-state index contributed by atoms with van der Waals surface area (Å²) in [7, 11) is 0.